The SMILES string of the molecule is Cc1cc(C)cc(N(CCCC(=O)N(Cc2ccc(F)cc2)C(Cc2ccccc2)C(=O)NC2CCCCC2)S(C)(=O)=O)c1. The van der Waals surface area contributed by atoms with E-state index in [2.05, 4.69) is 5.32 Å². The second-order valence-corrected chi connectivity index (χ2v) is 13.9. The van der Waals surface area contributed by atoms with Crippen LogP contribution >= 0.6 is 0 Å². The molecular formula is C35H44FN3O4S. The normalized spacial score (nSPS) is 14.5. The van der Waals surface area contributed by atoms with Crippen molar-refractivity contribution in [1.29, 1.82) is 0 Å². The fourth-order valence-corrected chi connectivity index (χ4v) is 6.93. The number of benzene rings is 3. The van der Waals surface area contributed by atoms with Gasteiger partial charge in [0, 0.05) is 32.0 Å². The fourth-order valence-electron chi connectivity index (χ4n) is 5.98. The lowest BCUT2D eigenvalue weighted by Gasteiger charge is -2.34. The first kappa shape index (κ1) is 33.2. The Labute approximate surface area is 261 Å². The van der Waals surface area contributed by atoms with Crippen LogP contribution in [-0.2, 0) is 32.6 Å². The van der Waals surface area contributed by atoms with Gasteiger partial charge in [0.15, 0.2) is 0 Å². The molecule has 1 N–H and O–H groups in total. The summed E-state index contributed by atoms with van der Waals surface area (Å²) in [6.07, 6.45) is 6.89. The number of nitrogens with zero attached hydrogens (tertiary/aromatic N) is 2. The molecular weight excluding hydrogens is 577 g/mol. The van der Waals surface area contributed by atoms with E-state index in [-0.39, 0.29) is 49.6 Å². The van der Waals surface area contributed by atoms with Crippen molar-refractivity contribution in [1.82, 2.24) is 10.2 Å². The molecule has 0 aromatic heterocycles. The number of hydrogen-bond donors (Lipinski definition) is 1. The smallest absolute Gasteiger partial charge is 0.243 e. The Bertz CT molecular complexity index is 1490. The van der Waals surface area contributed by atoms with Crippen LogP contribution in [0.3, 0.4) is 0 Å². The molecule has 0 saturated heterocycles. The summed E-state index contributed by atoms with van der Waals surface area (Å²) in [7, 11) is -3.60. The lowest BCUT2D eigenvalue weighted by atomic mass is 9.94. The average Bonchev–Trinajstić information content (AvgIpc) is 2.98. The quantitative estimate of drug-likeness (QED) is 0.251. The maximum Gasteiger partial charge on any atom is 0.243 e. The molecule has 3 aromatic carbocycles. The molecule has 7 nitrogen and oxygen atoms in total. The number of hydrogen-bond acceptors (Lipinski definition) is 4. The highest BCUT2D eigenvalue weighted by atomic mass is 32.2. The third kappa shape index (κ3) is 9.64. The number of nitrogens with one attached hydrogen (secondary N) is 1. The molecule has 0 bridgehead atoms. The van der Waals surface area contributed by atoms with Crippen molar-refractivity contribution in [2.75, 3.05) is 17.1 Å². The van der Waals surface area contributed by atoms with Gasteiger partial charge >= 0.3 is 0 Å². The van der Waals surface area contributed by atoms with Gasteiger partial charge in [0.05, 0.1) is 11.9 Å². The van der Waals surface area contributed by atoms with Gasteiger partial charge in [-0.2, -0.15) is 0 Å². The minimum Gasteiger partial charge on any atom is -0.352 e. The molecule has 4 rings (SSSR count). The van der Waals surface area contributed by atoms with Gasteiger partial charge in [-0.15, -0.1) is 0 Å². The first-order chi connectivity index (χ1) is 21.0. The van der Waals surface area contributed by atoms with Crippen molar-refractivity contribution < 1.29 is 22.4 Å². The number of aryl methyl sites for hydroxylation is 2. The molecule has 3 aromatic rings. The van der Waals surface area contributed by atoms with Crippen molar-refractivity contribution in [2.24, 2.45) is 0 Å². The summed E-state index contributed by atoms with van der Waals surface area (Å²) in [5.41, 5.74) is 4.09. The van der Waals surface area contributed by atoms with Crippen LogP contribution in [0.2, 0.25) is 0 Å². The number of carbonyl (C=O) groups is 2. The molecule has 9 heteroatoms. The van der Waals surface area contributed by atoms with E-state index in [0.717, 1.165) is 48.8 Å². The number of anilines is 1. The first-order valence-electron chi connectivity index (χ1n) is 15.4. The molecule has 1 fully saturated rings. The molecule has 0 heterocycles. The molecule has 0 radical (unpaired) electrons. The molecule has 0 aliphatic heterocycles. The molecule has 1 aliphatic carbocycles. The van der Waals surface area contributed by atoms with Gasteiger partial charge in [0.25, 0.3) is 0 Å². The Morgan fingerprint density at radius 3 is 2.16 bits per heavy atom. The zero-order chi connectivity index (χ0) is 31.7. The van der Waals surface area contributed by atoms with Gasteiger partial charge in [-0.25, -0.2) is 12.8 Å². The highest BCUT2D eigenvalue weighted by Gasteiger charge is 2.32. The zero-order valence-corrected chi connectivity index (χ0v) is 26.8. The Morgan fingerprint density at radius 2 is 1.55 bits per heavy atom. The van der Waals surface area contributed by atoms with Crippen molar-refractivity contribution in [3.63, 3.8) is 0 Å². The van der Waals surface area contributed by atoms with E-state index in [9.17, 15) is 22.4 Å². The van der Waals surface area contributed by atoms with Crippen LogP contribution in [-0.4, -0.2) is 50.0 Å². The third-order valence-electron chi connectivity index (χ3n) is 8.14. The Balaban J connectivity index is 1.59. The predicted molar refractivity (Wildman–Crippen MR) is 173 cm³/mol. The standard InChI is InChI=1S/C35H44FN3O4S/c1-26-21-27(2)23-32(22-26)39(44(3,42)43)20-10-15-34(40)38(25-29-16-18-30(36)19-17-29)33(24-28-11-6-4-7-12-28)35(41)37-31-13-8-5-9-14-31/h4,6-7,11-12,16-19,21-23,31,33H,5,8-10,13-15,20,24-25H2,1-3H3,(H,37,41). The van der Waals surface area contributed by atoms with Crippen LogP contribution in [0.1, 0.15) is 67.2 Å². The summed E-state index contributed by atoms with van der Waals surface area (Å²) >= 11 is 0. The molecule has 1 aliphatic rings. The van der Waals surface area contributed by atoms with Crippen LogP contribution in [0.5, 0.6) is 0 Å². The Kier molecular flexibility index (Phi) is 11.6. The molecule has 1 unspecified atom stereocenters. The highest BCUT2D eigenvalue weighted by molar-refractivity contribution is 7.92. The van der Waals surface area contributed by atoms with E-state index >= 15 is 0 Å². The van der Waals surface area contributed by atoms with Crippen LogP contribution in [0.15, 0.2) is 72.8 Å². The van der Waals surface area contributed by atoms with Crippen LogP contribution < -0.4 is 9.62 Å². The second kappa shape index (κ2) is 15.3. The monoisotopic (exact) mass is 621 g/mol. The van der Waals surface area contributed by atoms with Gasteiger partial charge < -0.3 is 10.2 Å². The van der Waals surface area contributed by atoms with Gasteiger partial charge in [-0.05, 0) is 79.6 Å². The summed E-state index contributed by atoms with van der Waals surface area (Å²) in [5.74, 6) is -0.845. The van der Waals surface area contributed by atoms with E-state index in [0.29, 0.717) is 17.7 Å². The van der Waals surface area contributed by atoms with Crippen molar-refractivity contribution in [3.8, 4) is 0 Å². The Hall–Kier alpha value is -3.72. The maximum absolute atomic E-state index is 14.0. The predicted octanol–water partition coefficient (Wildman–Crippen LogP) is 6.08. The topological polar surface area (TPSA) is 86.8 Å². The summed E-state index contributed by atoms with van der Waals surface area (Å²) in [4.78, 5) is 29.5. The minimum atomic E-state index is -3.60. The van der Waals surface area contributed by atoms with Crippen LogP contribution in [0.4, 0.5) is 10.1 Å². The number of sulfonamides is 1. The van der Waals surface area contributed by atoms with Gasteiger partial charge in [0.1, 0.15) is 11.9 Å². The lowest BCUT2D eigenvalue weighted by Crippen LogP contribution is -2.52. The van der Waals surface area contributed by atoms with E-state index in [1.807, 2.05) is 62.4 Å². The molecule has 2 amide bonds. The van der Waals surface area contributed by atoms with Crippen LogP contribution in [0, 0.1) is 19.7 Å². The largest absolute Gasteiger partial charge is 0.352 e. The molecule has 1 atom stereocenters. The van der Waals surface area contributed by atoms with E-state index < -0.39 is 16.1 Å². The molecule has 44 heavy (non-hydrogen) atoms. The molecule has 236 valence electrons. The third-order valence-corrected chi connectivity index (χ3v) is 9.33. The fraction of sp³-hybridized carbons (Fsp3) is 0.429. The summed E-state index contributed by atoms with van der Waals surface area (Å²) in [6.45, 7) is 4.08. The minimum absolute atomic E-state index is 0.0417. The summed E-state index contributed by atoms with van der Waals surface area (Å²) in [6, 6.07) is 20.4. The summed E-state index contributed by atoms with van der Waals surface area (Å²) in [5, 5.41) is 3.22. The van der Waals surface area contributed by atoms with Gasteiger partial charge in [-0.1, -0.05) is 67.8 Å². The molecule has 1 saturated carbocycles. The second-order valence-electron chi connectivity index (χ2n) is 12.0. The van der Waals surface area contributed by atoms with Crippen LogP contribution in [0.25, 0.3) is 0 Å². The van der Waals surface area contributed by atoms with E-state index in [1.165, 1.54) is 22.7 Å². The first-order valence-corrected chi connectivity index (χ1v) is 17.3. The van der Waals surface area contributed by atoms with Crippen molar-refractivity contribution in [2.45, 2.75) is 83.8 Å². The van der Waals surface area contributed by atoms with Gasteiger partial charge in [-0.3, -0.25) is 13.9 Å². The van der Waals surface area contributed by atoms with Gasteiger partial charge in [0.2, 0.25) is 21.8 Å². The number of carbonyl (C=O) groups excluding carboxylic acids is 2. The number of amides is 2. The zero-order valence-electron chi connectivity index (χ0n) is 26.0. The maximum atomic E-state index is 14.0. The molecule has 0 spiro atoms. The Morgan fingerprint density at radius 1 is 0.909 bits per heavy atom. The van der Waals surface area contributed by atoms with E-state index in [1.54, 1.807) is 17.0 Å². The lowest BCUT2D eigenvalue weighted by molar-refractivity contribution is -0.141. The number of rotatable bonds is 13. The highest BCUT2D eigenvalue weighted by Crippen LogP contribution is 2.24. The number of halogens is 1. The average molecular weight is 622 g/mol. The van der Waals surface area contributed by atoms with Crippen molar-refractivity contribution in [3.05, 3.63) is 101 Å². The summed E-state index contributed by atoms with van der Waals surface area (Å²) < 4.78 is 40.6. The van der Waals surface area contributed by atoms with Crippen molar-refractivity contribution >= 4 is 27.5 Å². The van der Waals surface area contributed by atoms with E-state index in [4.69, 9.17) is 0 Å².